The molecule has 30 heavy (non-hydrogen) atoms. The summed E-state index contributed by atoms with van der Waals surface area (Å²) >= 11 is 0. The van der Waals surface area contributed by atoms with E-state index in [1.54, 1.807) is 48.8 Å². The van der Waals surface area contributed by atoms with Gasteiger partial charge in [-0.1, -0.05) is 30.3 Å². The van der Waals surface area contributed by atoms with Crippen molar-refractivity contribution in [2.45, 2.75) is 18.5 Å². The molecule has 3 aromatic rings. The summed E-state index contributed by atoms with van der Waals surface area (Å²) in [6.45, 7) is 0. The van der Waals surface area contributed by atoms with E-state index < -0.39 is 11.9 Å². The summed E-state index contributed by atoms with van der Waals surface area (Å²) in [6, 6.07) is 19.6. The Hall–Kier alpha value is -3.75. The average Bonchev–Trinajstić information content (AvgIpc) is 3.30. The molecular formula is C22H21N5O3. The Bertz CT molecular complexity index is 996. The minimum Gasteiger partial charge on any atom is -0.456 e. The lowest BCUT2D eigenvalue weighted by Gasteiger charge is -2.12. The maximum Gasteiger partial charge on any atom is 0.269 e. The number of hydrazine groups is 2. The van der Waals surface area contributed by atoms with Gasteiger partial charge >= 0.3 is 0 Å². The minimum absolute atomic E-state index is 0.0324. The summed E-state index contributed by atoms with van der Waals surface area (Å²) in [4.78, 5) is 28.7. The number of benzene rings is 2. The number of amides is 2. The van der Waals surface area contributed by atoms with Crippen LogP contribution in [-0.2, 0) is 4.79 Å². The predicted octanol–water partition coefficient (Wildman–Crippen LogP) is 2.24. The molecule has 2 heterocycles. The fourth-order valence-corrected chi connectivity index (χ4v) is 3.13. The van der Waals surface area contributed by atoms with Crippen LogP contribution < -0.4 is 26.4 Å². The Kier molecular flexibility index (Phi) is 5.98. The van der Waals surface area contributed by atoms with Crippen molar-refractivity contribution in [1.82, 2.24) is 26.7 Å². The van der Waals surface area contributed by atoms with Crippen molar-refractivity contribution >= 4 is 11.8 Å². The zero-order valence-electron chi connectivity index (χ0n) is 16.0. The van der Waals surface area contributed by atoms with Gasteiger partial charge in [0.25, 0.3) is 11.8 Å². The molecule has 2 amide bonds. The molecule has 0 bridgehead atoms. The Morgan fingerprint density at radius 1 is 0.900 bits per heavy atom. The molecule has 2 atom stereocenters. The molecule has 0 spiro atoms. The van der Waals surface area contributed by atoms with Crippen LogP contribution >= 0.6 is 0 Å². The average molecular weight is 403 g/mol. The van der Waals surface area contributed by atoms with Crippen molar-refractivity contribution in [2.75, 3.05) is 0 Å². The smallest absolute Gasteiger partial charge is 0.269 e. The number of hydrogen-bond acceptors (Lipinski definition) is 6. The molecule has 2 aromatic carbocycles. The van der Waals surface area contributed by atoms with Crippen LogP contribution in [0.3, 0.4) is 0 Å². The lowest BCUT2D eigenvalue weighted by atomic mass is 10.0. The zero-order valence-corrected chi connectivity index (χ0v) is 16.0. The van der Waals surface area contributed by atoms with Gasteiger partial charge in [0.1, 0.15) is 17.5 Å². The van der Waals surface area contributed by atoms with Crippen LogP contribution in [0.2, 0.25) is 0 Å². The number of pyridine rings is 1. The van der Waals surface area contributed by atoms with Crippen molar-refractivity contribution in [2.24, 2.45) is 0 Å². The van der Waals surface area contributed by atoms with Gasteiger partial charge in [-0.2, -0.15) is 0 Å². The summed E-state index contributed by atoms with van der Waals surface area (Å²) in [7, 11) is 0. The van der Waals surface area contributed by atoms with Gasteiger partial charge in [-0.15, -0.1) is 0 Å². The lowest BCUT2D eigenvalue weighted by Crippen LogP contribution is -2.50. The number of ether oxygens (including phenoxy) is 1. The van der Waals surface area contributed by atoms with Crippen LogP contribution in [0.1, 0.15) is 28.4 Å². The van der Waals surface area contributed by atoms with E-state index in [1.807, 2.05) is 30.3 Å². The van der Waals surface area contributed by atoms with Crippen molar-refractivity contribution in [3.8, 4) is 11.5 Å². The van der Waals surface area contributed by atoms with Crippen LogP contribution in [0.5, 0.6) is 11.5 Å². The predicted molar refractivity (Wildman–Crippen MR) is 110 cm³/mol. The quantitative estimate of drug-likeness (QED) is 0.487. The van der Waals surface area contributed by atoms with Crippen molar-refractivity contribution < 1.29 is 14.3 Å². The standard InChI is InChI=1S/C22H21N5O3/c28-21(16-8-10-17(11-9-16)30-18-7-4-12-23-14-18)26-27-22(29)20-13-19(24-25-20)15-5-2-1-3-6-15/h1-12,14,19-20,24-25H,13H2,(H,26,28)(H,27,29). The summed E-state index contributed by atoms with van der Waals surface area (Å²) in [5, 5.41) is 0. The molecule has 8 heteroatoms. The molecule has 1 aliphatic rings. The SMILES string of the molecule is O=C(NNC(=O)C1CC(c2ccccc2)NN1)c1ccc(Oc2cccnc2)cc1. The van der Waals surface area contributed by atoms with Crippen LogP contribution in [0.25, 0.3) is 0 Å². The van der Waals surface area contributed by atoms with Gasteiger partial charge in [0, 0.05) is 17.8 Å². The third-order valence-corrected chi connectivity index (χ3v) is 4.71. The van der Waals surface area contributed by atoms with E-state index in [0.29, 0.717) is 23.5 Å². The summed E-state index contributed by atoms with van der Waals surface area (Å²) < 4.78 is 5.65. The first-order valence-electron chi connectivity index (χ1n) is 9.53. The molecule has 0 saturated carbocycles. The third kappa shape index (κ3) is 4.80. The van der Waals surface area contributed by atoms with Crippen LogP contribution in [0, 0.1) is 0 Å². The van der Waals surface area contributed by atoms with Gasteiger partial charge in [0.15, 0.2) is 0 Å². The Balaban J connectivity index is 1.26. The highest BCUT2D eigenvalue weighted by molar-refractivity contribution is 5.96. The number of nitrogens with one attached hydrogen (secondary N) is 4. The van der Waals surface area contributed by atoms with E-state index in [1.165, 1.54) is 0 Å². The highest BCUT2D eigenvalue weighted by Gasteiger charge is 2.30. The molecule has 0 radical (unpaired) electrons. The molecule has 4 rings (SSSR count). The van der Waals surface area contributed by atoms with Crippen LogP contribution in [-0.4, -0.2) is 22.8 Å². The number of aromatic nitrogens is 1. The molecule has 1 fully saturated rings. The van der Waals surface area contributed by atoms with Crippen LogP contribution in [0.4, 0.5) is 0 Å². The van der Waals surface area contributed by atoms with Gasteiger partial charge in [0.05, 0.1) is 6.20 Å². The molecule has 1 aliphatic heterocycles. The maximum absolute atomic E-state index is 12.4. The second kappa shape index (κ2) is 9.17. The van der Waals surface area contributed by atoms with E-state index in [4.69, 9.17) is 4.74 Å². The normalized spacial score (nSPS) is 17.9. The second-order valence-corrected chi connectivity index (χ2v) is 6.80. The Labute approximate surface area is 173 Å². The minimum atomic E-state index is -0.453. The first-order chi connectivity index (χ1) is 14.7. The molecule has 1 saturated heterocycles. The maximum atomic E-state index is 12.4. The summed E-state index contributed by atoms with van der Waals surface area (Å²) in [6.07, 6.45) is 3.84. The molecule has 0 aliphatic carbocycles. The molecule has 8 nitrogen and oxygen atoms in total. The van der Waals surface area contributed by atoms with Gasteiger partial charge in [-0.3, -0.25) is 25.4 Å². The monoisotopic (exact) mass is 403 g/mol. The number of carbonyl (C=O) groups excluding carboxylic acids is 2. The Morgan fingerprint density at radius 2 is 1.70 bits per heavy atom. The van der Waals surface area contributed by atoms with Crippen molar-refractivity contribution in [3.05, 3.63) is 90.3 Å². The van der Waals surface area contributed by atoms with E-state index in [9.17, 15) is 9.59 Å². The molecular weight excluding hydrogens is 382 g/mol. The topological polar surface area (TPSA) is 104 Å². The molecule has 1 aromatic heterocycles. The van der Waals surface area contributed by atoms with E-state index in [-0.39, 0.29) is 11.9 Å². The highest BCUT2D eigenvalue weighted by atomic mass is 16.5. The Morgan fingerprint density at radius 3 is 2.43 bits per heavy atom. The van der Waals surface area contributed by atoms with E-state index >= 15 is 0 Å². The fourth-order valence-electron chi connectivity index (χ4n) is 3.13. The van der Waals surface area contributed by atoms with Gasteiger partial charge in [-0.05, 0) is 48.4 Å². The number of carbonyl (C=O) groups is 2. The summed E-state index contributed by atoms with van der Waals surface area (Å²) in [5.41, 5.74) is 12.5. The van der Waals surface area contributed by atoms with Crippen molar-refractivity contribution in [3.63, 3.8) is 0 Å². The largest absolute Gasteiger partial charge is 0.456 e. The zero-order chi connectivity index (χ0) is 20.8. The second-order valence-electron chi connectivity index (χ2n) is 6.80. The first-order valence-corrected chi connectivity index (χ1v) is 9.53. The highest BCUT2D eigenvalue weighted by Crippen LogP contribution is 2.22. The van der Waals surface area contributed by atoms with Gasteiger partial charge in [-0.25, -0.2) is 10.9 Å². The lowest BCUT2D eigenvalue weighted by molar-refractivity contribution is -0.123. The molecule has 152 valence electrons. The summed E-state index contributed by atoms with van der Waals surface area (Å²) in [5.74, 6) is 0.456. The fraction of sp³-hybridized carbons (Fsp3) is 0.136. The third-order valence-electron chi connectivity index (χ3n) is 4.71. The van der Waals surface area contributed by atoms with Crippen molar-refractivity contribution in [1.29, 1.82) is 0 Å². The number of rotatable bonds is 5. The molecule has 4 N–H and O–H groups in total. The number of hydrogen-bond donors (Lipinski definition) is 4. The van der Waals surface area contributed by atoms with Gasteiger partial charge < -0.3 is 4.74 Å². The van der Waals surface area contributed by atoms with E-state index in [2.05, 4.69) is 26.7 Å². The van der Waals surface area contributed by atoms with Gasteiger partial charge in [0.2, 0.25) is 0 Å². The first kappa shape index (κ1) is 19.6. The van der Waals surface area contributed by atoms with E-state index in [0.717, 1.165) is 5.56 Å². The molecule has 2 unspecified atom stereocenters. The number of nitrogens with zero attached hydrogens (tertiary/aromatic N) is 1. The van der Waals surface area contributed by atoms with Crippen LogP contribution in [0.15, 0.2) is 79.1 Å².